The SMILES string of the molecule is COCCCNC(=O)N1CCC([C@@H]2CN(c3ccc(C#N)c(C(F)(F)F)c3)C[C@H]2C(N)=O)CC1. The Labute approximate surface area is 196 Å². The lowest BCUT2D eigenvalue weighted by atomic mass is 9.78. The third-order valence-corrected chi connectivity index (χ3v) is 6.76. The number of amides is 3. The van der Waals surface area contributed by atoms with Crippen molar-refractivity contribution >= 4 is 17.6 Å². The molecule has 2 aliphatic heterocycles. The van der Waals surface area contributed by atoms with Crippen molar-refractivity contribution in [2.45, 2.75) is 25.4 Å². The molecular weight excluding hydrogens is 451 g/mol. The van der Waals surface area contributed by atoms with Crippen LogP contribution in [0.25, 0.3) is 0 Å². The average Bonchev–Trinajstić information content (AvgIpc) is 3.27. The summed E-state index contributed by atoms with van der Waals surface area (Å²) in [5, 5.41) is 11.9. The van der Waals surface area contributed by atoms with Gasteiger partial charge in [-0.25, -0.2) is 4.79 Å². The van der Waals surface area contributed by atoms with Gasteiger partial charge in [-0.15, -0.1) is 0 Å². The molecule has 34 heavy (non-hydrogen) atoms. The van der Waals surface area contributed by atoms with E-state index in [1.54, 1.807) is 23.0 Å². The van der Waals surface area contributed by atoms with Gasteiger partial charge in [-0.05, 0) is 49.3 Å². The first-order chi connectivity index (χ1) is 16.2. The Hall–Kier alpha value is -3.00. The van der Waals surface area contributed by atoms with Crippen LogP contribution < -0.4 is 16.0 Å². The molecule has 0 spiro atoms. The largest absolute Gasteiger partial charge is 0.417 e. The Kier molecular flexibility index (Phi) is 8.25. The van der Waals surface area contributed by atoms with Crippen LogP contribution in [0.3, 0.4) is 0 Å². The Morgan fingerprint density at radius 3 is 2.56 bits per heavy atom. The predicted octanol–water partition coefficient (Wildman–Crippen LogP) is 2.57. The number of carbonyl (C=O) groups excluding carboxylic acids is 2. The molecule has 0 unspecified atom stereocenters. The van der Waals surface area contributed by atoms with Gasteiger partial charge in [-0.3, -0.25) is 4.79 Å². The number of nitriles is 1. The van der Waals surface area contributed by atoms with Crippen molar-refractivity contribution in [3.05, 3.63) is 29.3 Å². The van der Waals surface area contributed by atoms with Gasteiger partial charge in [0.1, 0.15) is 0 Å². The van der Waals surface area contributed by atoms with Crippen LogP contribution in [0.2, 0.25) is 0 Å². The number of ether oxygens (including phenoxy) is 1. The van der Waals surface area contributed by atoms with E-state index in [1.807, 2.05) is 0 Å². The highest BCUT2D eigenvalue weighted by molar-refractivity contribution is 5.79. The van der Waals surface area contributed by atoms with E-state index in [4.69, 9.17) is 15.7 Å². The molecule has 2 fully saturated rings. The molecule has 0 aliphatic carbocycles. The molecule has 2 aliphatic rings. The molecule has 2 saturated heterocycles. The van der Waals surface area contributed by atoms with Gasteiger partial charge in [0.2, 0.25) is 5.91 Å². The normalized spacial score (nSPS) is 21.4. The van der Waals surface area contributed by atoms with Crippen molar-refractivity contribution in [1.82, 2.24) is 10.2 Å². The molecule has 11 heteroatoms. The number of likely N-dealkylation sites (tertiary alicyclic amines) is 1. The summed E-state index contributed by atoms with van der Waals surface area (Å²) in [7, 11) is 1.60. The quantitative estimate of drug-likeness (QED) is 0.582. The third-order valence-electron chi connectivity index (χ3n) is 6.76. The second-order valence-corrected chi connectivity index (χ2v) is 8.82. The van der Waals surface area contributed by atoms with Crippen LogP contribution in [0, 0.1) is 29.1 Å². The number of piperidine rings is 1. The highest BCUT2D eigenvalue weighted by atomic mass is 19.4. The molecule has 0 radical (unpaired) electrons. The molecule has 2 atom stereocenters. The van der Waals surface area contributed by atoms with E-state index in [0.717, 1.165) is 18.6 Å². The number of urea groups is 1. The molecule has 0 aromatic heterocycles. The van der Waals surface area contributed by atoms with Gasteiger partial charge in [0.05, 0.1) is 23.1 Å². The van der Waals surface area contributed by atoms with Crippen molar-refractivity contribution < 1.29 is 27.5 Å². The number of hydrogen-bond acceptors (Lipinski definition) is 5. The summed E-state index contributed by atoms with van der Waals surface area (Å²) in [5.41, 5.74) is 4.55. The maximum atomic E-state index is 13.4. The summed E-state index contributed by atoms with van der Waals surface area (Å²) >= 11 is 0. The minimum atomic E-state index is -4.65. The molecule has 0 bridgehead atoms. The number of nitrogens with zero attached hydrogens (tertiary/aromatic N) is 3. The number of carbonyl (C=O) groups is 2. The van der Waals surface area contributed by atoms with Crippen LogP contribution in [0.5, 0.6) is 0 Å². The molecule has 1 aromatic carbocycles. The highest BCUT2D eigenvalue weighted by Crippen LogP contribution is 2.40. The van der Waals surface area contributed by atoms with Crippen molar-refractivity contribution in [1.29, 1.82) is 5.26 Å². The van der Waals surface area contributed by atoms with Gasteiger partial charge in [0, 0.05) is 52.1 Å². The molecule has 3 N–H and O–H groups in total. The summed E-state index contributed by atoms with van der Waals surface area (Å²) in [6.07, 6.45) is -2.55. The molecule has 8 nitrogen and oxygen atoms in total. The summed E-state index contributed by atoms with van der Waals surface area (Å²) in [6, 6.07) is 5.06. The van der Waals surface area contributed by atoms with Crippen LogP contribution >= 0.6 is 0 Å². The lowest BCUT2D eigenvalue weighted by molar-refractivity contribution is -0.137. The fraction of sp³-hybridized carbons (Fsp3) is 0.609. The van der Waals surface area contributed by atoms with Gasteiger partial charge >= 0.3 is 12.2 Å². The lowest BCUT2D eigenvalue weighted by Crippen LogP contribution is -2.46. The van der Waals surface area contributed by atoms with Crippen molar-refractivity contribution in [3.8, 4) is 6.07 Å². The number of anilines is 1. The zero-order valence-electron chi connectivity index (χ0n) is 19.1. The lowest BCUT2D eigenvalue weighted by Gasteiger charge is -2.36. The number of rotatable bonds is 7. The standard InChI is InChI=1S/C23H30F3N5O3/c1-34-10-2-7-29-22(33)30-8-5-15(6-9-30)18-13-31(14-19(18)21(28)32)17-4-3-16(12-27)20(11-17)23(24,25)26/h3-4,11,15,18-19H,2,5-10,13-14H2,1H3,(H2,28,32)(H,29,33)/t18-,19+/m0/s1. The number of halogens is 3. The first-order valence-corrected chi connectivity index (χ1v) is 11.3. The van der Waals surface area contributed by atoms with Crippen molar-refractivity contribution in [2.24, 2.45) is 23.5 Å². The minimum Gasteiger partial charge on any atom is -0.385 e. The van der Waals surface area contributed by atoms with Gasteiger partial charge in [-0.2, -0.15) is 18.4 Å². The van der Waals surface area contributed by atoms with Crippen LogP contribution in [-0.2, 0) is 15.7 Å². The van der Waals surface area contributed by atoms with Gasteiger partial charge < -0.3 is 25.6 Å². The molecule has 186 valence electrons. The number of nitrogens with two attached hydrogens (primary N) is 1. The van der Waals surface area contributed by atoms with E-state index in [0.29, 0.717) is 51.3 Å². The second kappa shape index (κ2) is 11.0. The number of alkyl halides is 3. The van der Waals surface area contributed by atoms with E-state index >= 15 is 0 Å². The summed E-state index contributed by atoms with van der Waals surface area (Å²) < 4.78 is 45.2. The van der Waals surface area contributed by atoms with Crippen molar-refractivity contribution in [3.63, 3.8) is 0 Å². The maximum absolute atomic E-state index is 13.4. The number of nitrogens with one attached hydrogen (secondary N) is 1. The first-order valence-electron chi connectivity index (χ1n) is 11.3. The Morgan fingerprint density at radius 2 is 1.97 bits per heavy atom. The van der Waals surface area contributed by atoms with Gasteiger partial charge in [0.25, 0.3) is 0 Å². The number of hydrogen-bond donors (Lipinski definition) is 2. The Morgan fingerprint density at radius 1 is 1.26 bits per heavy atom. The fourth-order valence-electron chi connectivity index (χ4n) is 4.93. The first kappa shape index (κ1) is 25.6. The number of methoxy groups -OCH3 is 1. The monoisotopic (exact) mass is 481 g/mol. The molecule has 2 heterocycles. The van der Waals surface area contributed by atoms with E-state index < -0.39 is 29.1 Å². The summed E-state index contributed by atoms with van der Waals surface area (Å²) in [5.74, 6) is -0.963. The van der Waals surface area contributed by atoms with E-state index in [1.165, 1.54) is 6.07 Å². The fourth-order valence-corrected chi connectivity index (χ4v) is 4.93. The number of benzene rings is 1. The predicted molar refractivity (Wildman–Crippen MR) is 119 cm³/mol. The zero-order chi connectivity index (χ0) is 24.9. The average molecular weight is 482 g/mol. The van der Waals surface area contributed by atoms with E-state index in [-0.39, 0.29) is 24.4 Å². The summed E-state index contributed by atoms with van der Waals surface area (Å²) in [4.78, 5) is 28.0. The topological polar surface area (TPSA) is 112 Å². The molecule has 3 rings (SSSR count). The minimum absolute atomic E-state index is 0.116. The zero-order valence-corrected chi connectivity index (χ0v) is 19.1. The van der Waals surface area contributed by atoms with Gasteiger partial charge in [-0.1, -0.05) is 0 Å². The highest BCUT2D eigenvalue weighted by Gasteiger charge is 2.43. The van der Waals surface area contributed by atoms with E-state index in [2.05, 4.69) is 5.32 Å². The van der Waals surface area contributed by atoms with Crippen LogP contribution in [0.1, 0.15) is 30.4 Å². The smallest absolute Gasteiger partial charge is 0.385 e. The van der Waals surface area contributed by atoms with Crippen LogP contribution in [0.4, 0.5) is 23.7 Å². The van der Waals surface area contributed by atoms with Gasteiger partial charge in [0.15, 0.2) is 0 Å². The maximum Gasteiger partial charge on any atom is 0.417 e. The van der Waals surface area contributed by atoms with Crippen molar-refractivity contribution in [2.75, 3.05) is 51.3 Å². The second-order valence-electron chi connectivity index (χ2n) is 8.82. The molecule has 3 amide bonds. The van der Waals surface area contributed by atoms with Crippen LogP contribution in [0.15, 0.2) is 18.2 Å². The number of primary amides is 1. The van der Waals surface area contributed by atoms with E-state index in [9.17, 15) is 22.8 Å². The molecular formula is C23H30F3N5O3. The van der Waals surface area contributed by atoms with Crippen LogP contribution in [-0.4, -0.2) is 63.3 Å². The molecule has 0 saturated carbocycles. The Balaban J connectivity index is 1.66. The third kappa shape index (κ3) is 5.91. The summed E-state index contributed by atoms with van der Waals surface area (Å²) in [6.45, 7) is 2.79. The molecule has 1 aromatic rings. The Bertz CT molecular complexity index is 925.